The van der Waals surface area contributed by atoms with Crippen molar-refractivity contribution < 1.29 is 13.9 Å². The Morgan fingerprint density at radius 2 is 1.82 bits per heavy atom. The average molecular weight is 544 g/mol. The predicted molar refractivity (Wildman–Crippen MR) is 157 cm³/mol. The number of amides is 1. The van der Waals surface area contributed by atoms with Crippen LogP contribution >= 0.6 is 0 Å². The van der Waals surface area contributed by atoms with Gasteiger partial charge in [0, 0.05) is 45.2 Å². The number of aryl methyl sites for hydroxylation is 1. The third-order valence-electron chi connectivity index (χ3n) is 6.53. The molecule has 2 heterocycles. The zero-order valence-electron chi connectivity index (χ0n) is 23.0. The lowest BCUT2D eigenvalue weighted by Gasteiger charge is -2.30. The number of anilines is 1. The number of carbonyl (C=O) groups excluding carboxylic acids is 1. The van der Waals surface area contributed by atoms with E-state index >= 15 is 0 Å². The van der Waals surface area contributed by atoms with Gasteiger partial charge in [-0.15, -0.1) is 0 Å². The van der Waals surface area contributed by atoms with E-state index in [1.54, 1.807) is 43.5 Å². The van der Waals surface area contributed by atoms with Crippen LogP contribution < -0.4 is 25.8 Å². The van der Waals surface area contributed by atoms with Crippen molar-refractivity contribution in [1.29, 1.82) is 0 Å². The van der Waals surface area contributed by atoms with E-state index in [2.05, 4.69) is 27.2 Å². The van der Waals surface area contributed by atoms with E-state index in [4.69, 9.17) is 4.74 Å². The Bertz CT molecular complexity index is 1480. The van der Waals surface area contributed by atoms with Gasteiger partial charge in [-0.2, -0.15) is 9.78 Å². The van der Waals surface area contributed by atoms with Gasteiger partial charge in [-0.3, -0.25) is 9.59 Å². The summed E-state index contributed by atoms with van der Waals surface area (Å²) in [5.41, 5.74) is 3.63. The number of hydrogen-bond donors (Lipinski definition) is 2. The molecule has 9 heteroatoms. The lowest BCUT2D eigenvalue weighted by molar-refractivity contribution is -0.118. The Morgan fingerprint density at radius 1 is 1.15 bits per heavy atom. The molecule has 2 N–H and O–H groups in total. The average Bonchev–Trinajstić information content (AvgIpc) is 2.97. The van der Waals surface area contributed by atoms with Crippen LogP contribution in [0.1, 0.15) is 25.0 Å². The fourth-order valence-electron chi connectivity index (χ4n) is 4.28. The zero-order valence-corrected chi connectivity index (χ0v) is 23.0. The van der Waals surface area contributed by atoms with Gasteiger partial charge in [-0.05, 0) is 55.3 Å². The van der Waals surface area contributed by atoms with Crippen molar-refractivity contribution in [2.24, 2.45) is 0 Å². The highest BCUT2D eigenvalue weighted by molar-refractivity contribution is 5.76. The fraction of sp³-hybridized carbons (Fsp3) is 0.258. The molecule has 1 fully saturated rings. The van der Waals surface area contributed by atoms with Crippen molar-refractivity contribution in [1.82, 2.24) is 20.4 Å². The van der Waals surface area contributed by atoms with Crippen LogP contribution in [0.4, 0.5) is 10.1 Å². The van der Waals surface area contributed by atoms with E-state index < -0.39 is 5.83 Å². The molecule has 0 spiro atoms. The summed E-state index contributed by atoms with van der Waals surface area (Å²) in [6.07, 6.45) is 4.62. The van der Waals surface area contributed by atoms with Gasteiger partial charge in [-0.25, -0.2) is 4.39 Å². The molecule has 2 aromatic carbocycles. The number of aromatic nitrogens is 2. The van der Waals surface area contributed by atoms with E-state index in [0.29, 0.717) is 28.3 Å². The molecule has 1 aliphatic rings. The number of nitrogens with zero attached hydrogens (tertiary/aromatic N) is 3. The molecule has 208 valence electrons. The monoisotopic (exact) mass is 543 g/mol. The van der Waals surface area contributed by atoms with Crippen LogP contribution in [0.2, 0.25) is 0 Å². The van der Waals surface area contributed by atoms with Crippen molar-refractivity contribution in [2.75, 3.05) is 37.6 Å². The van der Waals surface area contributed by atoms with Gasteiger partial charge >= 0.3 is 5.56 Å². The molecule has 1 aromatic heterocycles. The van der Waals surface area contributed by atoms with Gasteiger partial charge in [-0.1, -0.05) is 42.5 Å². The molecule has 1 aliphatic heterocycles. The zero-order chi connectivity index (χ0) is 28.6. The Labute approximate surface area is 233 Å². The molecule has 4 rings (SSSR count). The van der Waals surface area contributed by atoms with Gasteiger partial charge in [0.1, 0.15) is 17.3 Å². The van der Waals surface area contributed by atoms with Crippen LogP contribution in [-0.4, -0.2) is 48.4 Å². The minimum Gasteiger partial charge on any atom is -0.449 e. The highest BCUT2D eigenvalue weighted by Crippen LogP contribution is 2.30. The summed E-state index contributed by atoms with van der Waals surface area (Å²) in [7, 11) is 0. The minimum absolute atomic E-state index is 0.0514. The highest BCUT2D eigenvalue weighted by Gasteiger charge is 2.21. The van der Waals surface area contributed by atoms with E-state index in [1.807, 2.05) is 31.2 Å². The largest absolute Gasteiger partial charge is 0.449 e. The van der Waals surface area contributed by atoms with Gasteiger partial charge < -0.3 is 20.3 Å². The third-order valence-corrected chi connectivity index (χ3v) is 6.53. The summed E-state index contributed by atoms with van der Waals surface area (Å²) in [5, 5.41) is 10.4. The normalized spacial score (nSPS) is 14.2. The van der Waals surface area contributed by atoms with Crippen molar-refractivity contribution in [3.8, 4) is 17.2 Å². The van der Waals surface area contributed by atoms with Crippen LogP contribution in [-0.2, 0) is 4.79 Å². The lowest BCUT2D eigenvalue weighted by Crippen LogP contribution is -2.44. The lowest BCUT2D eigenvalue weighted by atomic mass is 10.0. The molecular weight excluding hydrogens is 509 g/mol. The second-order valence-electron chi connectivity index (χ2n) is 9.52. The Kier molecular flexibility index (Phi) is 9.29. The van der Waals surface area contributed by atoms with Gasteiger partial charge in [0.05, 0.1) is 11.9 Å². The number of carbonyl (C=O) groups is 1. The summed E-state index contributed by atoms with van der Waals surface area (Å²) >= 11 is 0. The standard InChI is InChI=1S/C31H34FN5O3/c1-5-28(32)25(19-34-23(4)38)18-22(3)24-8-12-27(13-9-24)40-30-29(36-16-14-33-15-17-36)20-35-37(31(30)39)26-10-6-21(2)7-11-26/h5-13,18,20,33H,3,14-17,19H2,1-2,4H3,(H,34,38)/b25-18-,28-5+. The SMILES string of the molecule is C=C(/C=C(CNC(C)=O)\C(F)=C/C)c1ccc(Oc2c(N3CCNCC3)cnn(-c3ccc(C)cc3)c2=O)cc1. The van der Waals surface area contributed by atoms with Crippen LogP contribution in [0.25, 0.3) is 11.3 Å². The van der Waals surface area contributed by atoms with Gasteiger partial charge in [0.15, 0.2) is 0 Å². The molecule has 1 saturated heterocycles. The molecule has 0 aliphatic carbocycles. The van der Waals surface area contributed by atoms with Gasteiger partial charge in [0.25, 0.3) is 0 Å². The third kappa shape index (κ3) is 6.92. The van der Waals surface area contributed by atoms with E-state index in [-0.39, 0.29) is 23.8 Å². The first kappa shape index (κ1) is 28.5. The molecule has 0 saturated carbocycles. The van der Waals surface area contributed by atoms with E-state index in [0.717, 1.165) is 37.3 Å². The van der Waals surface area contributed by atoms with Crippen molar-refractivity contribution in [2.45, 2.75) is 20.8 Å². The number of benzene rings is 2. The molecule has 0 unspecified atom stereocenters. The molecule has 1 amide bonds. The topological polar surface area (TPSA) is 88.5 Å². The Hall–Kier alpha value is -4.50. The molecule has 3 aromatic rings. The molecule has 0 atom stereocenters. The van der Waals surface area contributed by atoms with Crippen molar-refractivity contribution >= 4 is 17.2 Å². The Morgan fingerprint density at radius 3 is 2.45 bits per heavy atom. The second-order valence-corrected chi connectivity index (χ2v) is 9.52. The fourth-order valence-corrected chi connectivity index (χ4v) is 4.28. The maximum Gasteiger partial charge on any atom is 0.316 e. The maximum absolute atomic E-state index is 14.4. The maximum atomic E-state index is 14.4. The number of ether oxygens (including phenoxy) is 1. The summed E-state index contributed by atoms with van der Waals surface area (Å²) in [6, 6.07) is 14.6. The molecule has 0 bridgehead atoms. The summed E-state index contributed by atoms with van der Waals surface area (Å²) in [6.45, 7) is 12.1. The summed E-state index contributed by atoms with van der Waals surface area (Å²) in [4.78, 5) is 27.1. The number of halogens is 1. The predicted octanol–water partition coefficient (Wildman–Crippen LogP) is 4.69. The first-order valence-electron chi connectivity index (χ1n) is 13.2. The van der Waals surface area contributed by atoms with Crippen LogP contribution in [0.15, 0.2) is 89.7 Å². The highest BCUT2D eigenvalue weighted by atomic mass is 19.1. The first-order valence-corrected chi connectivity index (χ1v) is 13.2. The second kappa shape index (κ2) is 13.0. The van der Waals surface area contributed by atoms with E-state index in [1.165, 1.54) is 17.7 Å². The number of hydrogen-bond acceptors (Lipinski definition) is 6. The molecule has 40 heavy (non-hydrogen) atoms. The number of rotatable bonds is 9. The molecule has 0 radical (unpaired) electrons. The summed E-state index contributed by atoms with van der Waals surface area (Å²) < 4.78 is 21.9. The molecule has 8 nitrogen and oxygen atoms in total. The number of allylic oxidation sites excluding steroid dienone is 3. The smallest absolute Gasteiger partial charge is 0.316 e. The quantitative estimate of drug-likeness (QED) is 0.381. The van der Waals surface area contributed by atoms with E-state index in [9.17, 15) is 14.0 Å². The molecular formula is C31H34FN5O3. The summed E-state index contributed by atoms with van der Waals surface area (Å²) in [5.74, 6) is -0.0250. The van der Waals surface area contributed by atoms with Crippen LogP contribution in [0, 0.1) is 6.92 Å². The Balaban J connectivity index is 1.64. The first-order chi connectivity index (χ1) is 19.3. The minimum atomic E-state index is -0.433. The van der Waals surface area contributed by atoms with Crippen LogP contribution in [0.5, 0.6) is 11.5 Å². The number of nitrogens with one attached hydrogen (secondary N) is 2. The van der Waals surface area contributed by atoms with Crippen LogP contribution in [0.3, 0.4) is 0 Å². The van der Waals surface area contributed by atoms with Gasteiger partial charge in [0.2, 0.25) is 11.7 Å². The van der Waals surface area contributed by atoms with Crippen molar-refractivity contribution in [3.63, 3.8) is 0 Å². The number of piperazine rings is 1. The van der Waals surface area contributed by atoms with Crippen molar-refractivity contribution in [3.05, 3.63) is 106 Å².